The van der Waals surface area contributed by atoms with Crippen LogP contribution in [0, 0.1) is 0 Å². The molecular formula is C34H30N6O5S. The molecule has 232 valence electrons. The van der Waals surface area contributed by atoms with E-state index < -0.39 is 20.6 Å². The van der Waals surface area contributed by atoms with E-state index in [1.165, 1.54) is 0 Å². The van der Waals surface area contributed by atoms with Crippen molar-refractivity contribution in [2.45, 2.75) is 9.79 Å². The number of anilines is 2. The molecule has 0 spiro atoms. The highest BCUT2D eigenvalue weighted by Gasteiger charge is 2.51. The Labute approximate surface area is 264 Å². The number of hydrogen-bond acceptors (Lipinski definition) is 7. The Morgan fingerprint density at radius 1 is 0.739 bits per heavy atom. The summed E-state index contributed by atoms with van der Waals surface area (Å²) in [5.74, 6) is 0. The maximum atomic E-state index is 13.6. The number of carboxylic acid groups (broad SMARTS) is 2. The highest BCUT2D eigenvalue weighted by Crippen LogP contribution is 2.72. The predicted octanol–water partition coefficient (Wildman–Crippen LogP) is 7.14. The van der Waals surface area contributed by atoms with E-state index in [1.807, 2.05) is 60.7 Å². The zero-order valence-electron chi connectivity index (χ0n) is 24.6. The fourth-order valence-electron chi connectivity index (χ4n) is 6.75. The molecule has 0 aliphatic carbocycles. The zero-order chi connectivity index (χ0) is 31.4. The Morgan fingerprint density at radius 2 is 1.26 bits per heavy atom. The average Bonchev–Trinajstić information content (AvgIpc) is 3.76. The summed E-state index contributed by atoms with van der Waals surface area (Å²) >= 11 is 0. The van der Waals surface area contributed by atoms with Gasteiger partial charge in [-0.3, -0.25) is 15.1 Å². The van der Waals surface area contributed by atoms with Crippen LogP contribution in [0.1, 0.15) is 0 Å². The third-order valence-corrected chi connectivity index (χ3v) is 12.0. The third kappa shape index (κ3) is 4.29. The van der Waals surface area contributed by atoms with Gasteiger partial charge in [0.25, 0.3) is 0 Å². The van der Waals surface area contributed by atoms with Crippen LogP contribution < -0.4 is 4.90 Å². The van der Waals surface area contributed by atoms with Gasteiger partial charge in [-0.15, -0.1) is 0 Å². The van der Waals surface area contributed by atoms with Crippen LogP contribution >= 0.6 is 10.0 Å². The number of carbonyl (C=O) groups is 2. The lowest BCUT2D eigenvalue weighted by molar-refractivity contribution is 0.0394. The number of fused-ring (bicyclic) bond motifs is 4. The summed E-state index contributed by atoms with van der Waals surface area (Å²) in [5.41, 5.74) is 5.97. The van der Waals surface area contributed by atoms with Crippen molar-refractivity contribution in [1.29, 1.82) is 0 Å². The summed E-state index contributed by atoms with van der Waals surface area (Å²) in [6.45, 7) is 4.16. The van der Waals surface area contributed by atoms with E-state index in [0.29, 0.717) is 47.5 Å². The summed E-state index contributed by atoms with van der Waals surface area (Å²) in [4.78, 5) is 32.1. The summed E-state index contributed by atoms with van der Waals surface area (Å²) in [7, 11) is -3.66. The van der Waals surface area contributed by atoms with Crippen molar-refractivity contribution in [3.05, 3.63) is 85.2 Å². The van der Waals surface area contributed by atoms with Gasteiger partial charge in [-0.05, 0) is 58.7 Å². The van der Waals surface area contributed by atoms with Gasteiger partial charge in [0.05, 0.1) is 48.0 Å². The second-order valence-electron chi connectivity index (χ2n) is 11.4. The van der Waals surface area contributed by atoms with Crippen molar-refractivity contribution in [3.63, 3.8) is 0 Å². The predicted molar refractivity (Wildman–Crippen MR) is 177 cm³/mol. The van der Waals surface area contributed by atoms with E-state index >= 15 is 0 Å². The number of rotatable bonds is 5. The van der Waals surface area contributed by atoms with Crippen LogP contribution in [0.5, 0.6) is 0 Å². The smallest absolute Gasteiger partial charge is 0.365 e. The first-order valence-electron chi connectivity index (χ1n) is 15.0. The second kappa shape index (κ2) is 11.0. The van der Waals surface area contributed by atoms with Gasteiger partial charge in [0.15, 0.2) is 0 Å². The van der Waals surface area contributed by atoms with Gasteiger partial charge in [0.2, 0.25) is 0 Å². The van der Waals surface area contributed by atoms with Gasteiger partial charge < -0.3 is 19.8 Å². The van der Waals surface area contributed by atoms with Gasteiger partial charge in [-0.2, -0.15) is 10.2 Å². The van der Waals surface area contributed by atoms with Crippen molar-refractivity contribution < 1.29 is 24.5 Å². The highest BCUT2D eigenvalue weighted by molar-refractivity contribution is 8.55. The molecule has 4 aromatic carbocycles. The Balaban J connectivity index is 1.36. The molecule has 0 atom stereocenters. The van der Waals surface area contributed by atoms with Crippen LogP contribution in [0.25, 0.3) is 44.1 Å². The van der Waals surface area contributed by atoms with Crippen molar-refractivity contribution in [1.82, 2.24) is 25.3 Å². The molecule has 11 nitrogen and oxygen atoms in total. The Bertz CT molecular complexity index is 2010. The van der Waals surface area contributed by atoms with E-state index in [4.69, 9.17) is 4.74 Å². The van der Waals surface area contributed by atoms with Gasteiger partial charge in [-0.1, -0.05) is 36.4 Å². The number of aromatic nitrogens is 4. The zero-order valence-corrected chi connectivity index (χ0v) is 25.5. The van der Waals surface area contributed by atoms with Crippen molar-refractivity contribution in [2.24, 2.45) is 0 Å². The van der Waals surface area contributed by atoms with Gasteiger partial charge in [-0.25, -0.2) is 9.59 Å². The van der Waals surface area contributed by atoms with Crippen LogP contribution in [-0.4, -0.2) is 85.5 Å². The first kappa shape index (κ1) is 28.3. The molecular weight excluding hydrogens is 604 g/mol. The summed E-state index contributed by atoms with van der Waals surface area (Å²) in [6, 6.07) is 22.7. The molecule has 2 aliphatic heterocycles. The largest absolute Gasteiger partial charge is 0.473 e. The van der Waals surface area contributed by atoms with Crippen molar-refractivity contribution in [3.8, 4) is 22.3 Å². The van der Waals surface area contributed by atoms with Crippen LogP contribution in [0.3, 0.4) is 0 Å². The van der Waals surface area contributed by atoms with E-state index in [9.17, 15) is 19.8 Å². The Kier molecular flexibility index (Phi) is 6.78. The molecule has 2 aliphatic rings. The Hall–Kier alpha value is -5.17. The average molecular weight is 635 g/mol. The molecule has 4 N–H and O–H groups in total. The lowest BCUT2D eigenvalue weighted by Crippen LogP contribution is -2.41. The lowest BCUT2D eigenvalue weighted by Gasteiger charge is -2.44. The first-order chi connectivity index (χ1) is 22.5. The van der Waals surface area contributed by atoms with Gasteiger partial charge in [0.1, 0.15) is 0 Å². The summed E-state index contributed by atoms with van der Waals surface area (Å²) in [6.07, 6.45) is 3.45. The summed E-state index contributed by atoms with van der Waals surface area (Å²) in [5, 5.41) is 35.5. The first-order valence-corrected chi connectivity index (χ1v) is 16.6. The number of morpholine rings is 1. The third-order valence-electron chi connectivity index (χ3n) is 9.02. The minimum Gasteiger partial charge on any atom is -0.473 e. The molecule has 0 amide bonds. The quantitative estimate of drug-likeness (QED) is 0.155. The normalized spacial score (nSPS) is 16.7. The number of nitrogens with zero attached hydrogens (tertiary/aromatic N) is 4. The topological polar surface area (TPSA) is 148 Å². The maximum absolute atomic E-state index is 13.6. The summed E-state index contributed by atoms with van der Waals surface area (Å²) < 4.78 is 5.55. The van der Waals surface area contributed by atoms with Crippen LogP contribution in [0.15, 0.2) is 95.0 Å². The standard InChI is InChI=1S/C34H30N6O5S/c41-33(42)46(34(43)44)31-17-21(23-3-1-5-27-25(23)19-35-37-27)7-9-29(31)40(12-11-39-13-15-45-16-14-39)30-10-8-22(18-32(30)46)24-4-2-6-28-26(24)20-36-38-28/h1-10,17-20H,11-16H2,(H,35,37)(H,36,38)(H,41,42)(H,43,44). The van der Waals surface area contributed by atoms with Gasteiger partial charge >= 0.3 is 10.6 Å². The fourth-order valence-corrected chi connectivity index (χ4v) is 9.48. The van der Waals surface area contributed by atoms with E-state index in [2.05, 4.69) is 30.2 Å². The molecule has 4 heterocycles. The number of hydrogen-bond donors (Lipinski definition) is 4. The van der Waals surface area contributed by atoms with Crippen molar-refractivity contribution in [2.75, 3.05) is 44.3 Å². The van der Waals surface area contributed by atoms with Crippen molar-refractivity contribution >= 4 is 53.8 Å². The van der Waals surface area contributed by atoms with E-state index in [-0.39, 0.29) is 0 Å². The molecule has 8 rings (SSSR count). The monoisotopic (exact) mass is 634 g/mol. The molecule has 2 aromatic heterocycles. The lowest BCUT2D eigenvalue weighted by atomic mass is 10.0. The highest BCUT2D eigenvalue weighted by atomic mass is 32.3. The van der Waals surface area contributed by atoms with Gasteiger partial charge in [0, 0.05) is 56.8 Å². The number of aromatic amines is 2. The Morgan fingerprint density at radius 3 is 1.76 bits per heavy atom. The molecule has 0 bridgehead atoms. The van der Waals surface area contributed by atoms with Crippen LogP contribution in [0.2, 0.25) is 0 Å². The molecule has 46 heavy (non-hydrogen) atoms. The van der Waals surface area contributed by atoms with Crippen LogP contribution in [0.4, 0.5) is 21.0 Å². The molecule has 12 heteroatoms. The van der Waals surface area contributed by atoms with E-state index in [0.717, 1.165) is 57.1 Å². The molecule has 1 fully saturated rings. The molecule has 6 aromatic rings. The molecule has 0 saturated carbocycles. The number of benzene rings is 4. The number of ether oxygens (including phenoxy) is 1. The maximum Gasteiger partial charge on any atom is 0.365 e. The number of nitrogens with one attached hydrogen (secondary N) is 2. The molecule has 0 radical (unpaired) electrons. The minimum atomic E-state index is -3.66. The second-order valence-corrected chi connectivity index (χ2v) is 14.2. The van der Waals surface area contributed by atoms with E-state index in [1.54, 1.807) is 24.5 Å². The molecule has 0 unspecified atom stereocenters. The SMILES string of the molecule is O=C(O)S1(C(=O)O)c2cc(-c3cccc4[nH]ncc34)ccc2N(CCN2CCOCC2)c2ccc(-c3cccc4[nH]ncc34)cc21. The molecule has 1 saturated heterocycles. The fraction of sp³-hybridized carbons (Fsp3) is 0.176. The minimum absolute atomic E-state index is 0.290. The number of H-pyrrole nitrogens is 2. The van der Waals surface area contributed by atoms with Crippen LogP contribution in [-0.2, 0) is 4.74 Å².